The van der Waals surface area contributed by atoms with Crippen molar-refractivity contribution in [2.24, 2.45) is 0 Å². The van der Waals surface area contributed by atoms with E-state index in [4.69, 9.17) is 0 Å². The van der Waals surface area contributed by atoms with Crippen molar-refractivity contribution in [2.75, 3.05) is 0 Å². The molecule has 0 unspecified atom stereocenters. The standard InChI is InChI=1S/C23H24O4/c1-12-7-14(3)21(19(26)9-12)23(17-6-5-16(24)11-18(17)25)22-15(4)8-13(2)10-20(22)27/h5-11,23-27H,1-4H3. The summed E-state index contributed by atoms with van der Waals surface area (Å²) < 4.78 is 0. The molecule has 0 saturated heterocycles. The number of aromatic hydroxyl groups is 4. The zero-order valence-corrected chi connectivity index (χ0v) is 15.9. The molecule has 0 fully saturated rings. The van der Waals surface area contributed by atoms with Crippen molar-refractivity contribution in [3.63, 3.8) is 0 Å². The van der Waals surface area contributed by atoms with E-state index < -0.39 is 5.92 Å². The van der Waals surface area contributed by atoms with Gasteiger partial charge >= 0.3 is 0 Å². The predicted octanol–water partition coefficient (Wildman–Crippen LogP) is 4.92. The minimum atomic E-state index is -0.591. The lowest BCUT2D eigenvalue weighted by Crippen LogP contribution is -2.09. The van der Waals surface area contributed by atoms with Crippen LogP contribution in [0, 0.1) is 27.7 Å². The normalized spacial score (nSPS) is 11.1. The van der Waals surface area contributed by atoms with E-state index in [9.17, 15) is 20.4 Å². The zero-order chi connectivity index (χ0) is 19.9. The first-order valence-electron chi connectivity index (χ1n) is 8.81. The van der Waals surface area contributed by atoms with Gasteiger partial charge < -0.3 is 20.4 Å². The number of rotatable bonds is 3. The van der Waals surface area contributed by atoms with Gasteiger partial charge in [0, 0.05) is 28.7 Å². The van der Waals surface area contributed by atoms with Crippen LogP contribution in [-0.4, -0.2) is 20.4 Å². The van der Waals surface area contributed by atoms with Gasteiger partial charge in [0.15, 0.2) is 0 Å². The van der Waals surface area contributed by atoms with Gasteiger partial charge in [0.1, 0.15) is 23.0 Å². The Balaban J connectivity index is 2.39. The summed E-state index contributed by atoms with van der Waals surface area (Å²) in [4.78, 5) is 0. The summed E-state index contributed by atoms with van der Waals surface area (Å²) >= 11 is 0. The van der Waals surface area contributed by atoms with Crippen LogP contribution in [-0.2, 0) is 0 Å². The summed E-state index contributed by atoms with van der Waals surface area (Å²) in [7, 11) is 0. The molecule has 0 amide bonds. The van der Waals surface area contributed by atoms with Crippen LogP contribution in [0.25, 0.3) is 0 Å². The minimum Gasteiger partial charge on any atom is -0.508 e. The molecule has 0 saturated carbocycles. The first kappa shape index (κ1) is 18.6. The minimum absolute atomic E-state index is 0.0512. The molecule has 3 aromatic rings. The van der Waals surface area contributed by atoms with Crippen LogP contribution in [0.15, 0.2) is 42.5 Å². The molecule has 0 aliphatic heterocycles. The van der Waals surface area contributed by atoms with Gasteiger partial charge in [-0.15, -0.1) is 0 Å². The molecule has 4 nitrogen and oxygen atoms in total. The van der Waals surface area contributed by atoms with E-state index in [2.05, 4.69) is 0 Å². The predicted molar refractivity (Wildman–Crippen MR) is 106 cm³/mol. The van der Waals surface area contributed by atoms with Gasteiger partial charge in [-0.05, 0) is 68.1 Å². The number of hydrogen-bond donors (Lipinski definition) is 4. The third-order valence-electron chi connectivity index (χ3n) is 4.92. The highest BCUT2D eigenvalue weighted by molar-refractivity contribution is 5.61. The van der Waals surface area contributed by atoms with E-state index in [-0.39, 0.29) is 23.0 Å². The Labute approximate surface area is 159 Å². The number of aryl methyl sites for hydroxylation is 4. The molecule has 140 valence electrons. The summed E-state index contributed by atoms with van der Waals surface area (Å²) in [6.45, 7) is 7.59. The topological polar surface area (TPSA) is 80.9 Å². The lowest BCUT2D eigenvalue weighted by molar-refractivity contribution is 0.440. The quantitative estimate of drug-likeness (QED) is 0.497. The van der Waals surface area contributed by atoms with E-state index in [1.807, 2.05) is 39.8 Å². The molecule has 0 heterocycles. The van der Waals surface area contributed by atoms with Crippen molar-refractivity contribution in [2.45, 2.75) is 33.6 Å². The van der Waals surface area contributed by atoms with Crippen LogP contribution in [0.5, 0.6) is 23.0 Å². The second kappa shape index (κ2) is 6.88. The molecule has 27 heavy (non-hydrogen) atoms. The van der Waals surface area contributed by atoms with E-state index in [1.165, 1.54) is 12.1 Å². The SMILES string of the molecule is Cc1cc(C)c(C(c2ccc(O)cc2O)c2c(C)cc(C)cc2O)c(O)c1. The fourth-order valence-electron chi connectivity index (χ4n) is 3.90. The van der Waals surface area contributed by atoms with Crippen LogP contribution in [0.4, 0.5) is 0 Å². The Hall–Kier alpha value is -3.14. The molecule has 0 radical (unpaired) electrons. The van der Waals surface area contributed by atoms with Gasteiger partial charge in [0.25, 0.3) is 0 Å². The Morgan fingerprint density at radius 1 is 0.593 bits per heavy atom. The van der Waals surface area contributed by atoms with Gasteiger partial charge in [-0.1, -0.05) is 18.2 Å². The van der Waals surface area contributed by atoms with Gasteiger partial charge in [0.2, 0.25) is 0 Å². The molecule has 0 aromatic heterocycles. The molecule has 0 atom stereocenters. The summed E-state index contributed by atoms with van der Waals surface area (Å²) in [5.74, 6) is -0.538. The van der Waals surface area contributed by atoms with Crippen LogP contribution < -0.4 is 0 Å². The fourth-order valence-corrected chi connectivity index (χ4v) is 3.90. The van der Waals surface area contributed by atoms with Gasteiger partial charge in [-0.3, -0.25) is 0 Å². The van der Waals surface area contributed by atoms with Crippen molar-refractivity contribution in [3.8, 4) is 23.0 Å². The van der Waals surface area contributed by atoms with Crippen molar-refractivity contribution in [3.05, 3.63) is 81.4 Å². The Morgan fingerprint density at radius 3 is 1.48 bits per heavy atom. The van der Waals surface area contributed by atoms with Crippen molar-refractivity contribution in [1.82, 2.24) is 0 Å². The van der Waals surface area contributed by atoms with Crippen LogP contribution in [0.3, 0.4) is 0 Å². The van der Waals surface area contributed by atoms with E-state index >= 15 is 0 Å². The van der Waals surface area contributed by atoms with Crippen LogP contribution >= 0.6 is 0 Å². The maximum atomic E-state index is 10.7. The maximum absolute atomic E-state index is 10.7. The van der Waals surface area contributed by atoms with Crippen molar-refractivity contribution >= 4 is 0 Å². The molecule has 0 spiro atoms. The Bertz CT molecular complexity index is 917. The lowest BCUT2D eigenvalue weighted by Gasteiger charge is -2.25. The molecule has 0 aliphatic carbocycles. The number of phenolic OH excluding ortho intramolecular Hbond substituents is 4. The fraction of sp³-hybridized carbons (Fsp3) is 0.217. The summed E-state index contributed by atoms with van der Waals surface area (Å²) in [5, 5.41) is 41.7. The molecular weight excluding hydrogens is 340 g/mol. The first-order chi connectivity index (χ1) is 12.7. The Morgan fingerprint density at radius 2 is 1.07 bits per heavy atom. The Kier molecular flexibility index (Phi) is 4.75. The number of hydrogen-bond acceptors (Lipinski definition) is 4. The highest BCUT2D eigenvalue weighted by Crippen LogP contribution is 2.46. The van der Waals surface area contributed by atoms with Gasteiger partial charge in [-0.2, -0.15) is 0 Å². The second-order valence-electron chi connectivity index (χ2n) is 7.21. The van der Waals surface area contributed by atoms with E-state index in [0.717, 1.165) is 22.3 Å². The average molecular weight is 364 g/mol. The molecule has 0 bridgehead atoms. The zero-order valence-electron chi connectivity index (χ0n) is 15.9. The third kappa shape index (κ3) is 3.43. The molecule has 4 heteroatoms. The van der Waals surface area contributed by atoms with E-state index in [1.54, 1.807) is 18.2 Å². The largest absolute Gasteiger partial charge is 0.508 e. The van der Waals surface area contributed by atoms with Crippen LogP contribution in [0.2, 0.25) is 0 Å². The maximum Gasteiger partial charge on any atom is 0.123 e. The second-order valence-corrected chi connectivity index (χ2v) is 7.21. The molecule has 3 aromatic carbocycles. The number of phenols is 4. The van der Waals surface area contributed by atoms with Gasteiger partial charge in [-0.25, -0.2) is 0 Å². The molecular formula is C23H24O4. The molecule has 0 aliphatic rings. The summed E-state index contributed by atoms with van der Waals surface area (Å²) in [6.07, 6.45) is 0. The summed E-state index contributed by atoms with van der Waals surface area (Å²) in [5.41, 5.74) is 5.28. The number of benzene rings is 3. The highest BCUT2D eigenvalue weighted by atomic mass is 16.3. The third-order valence-corrected chi connectivity index (χ3v) is 4.92. The highest BCUT2D eigenvalue weighted by Gasteiger charge is 2.28. The monoisotopic (exact) mass is 364 g/mol. The average Bonchev–Trinajstić information content (AvgIpc) is 2.52. The van der Waals surface area contributed by atoms with Crippen LogP contribution in [0.1, 0.15) is 44.9 Å². The molecule has 4 N–H and O–H groups in total. The summed E-state index contributed by atoms with van der Waals surface area (Å²) in [6, 6.07) is 11.6. The van der Waals surface area contributed by atoms with Gasteiger partial charge in [0.05, 0.1) is 0 Å². The van der Waals surface area contributed by atoms with Crippen molar-refractivity contribution < 1.29 is 20.4 Å². The van der Waals surface area contributed by atoms with E-state index in [0.29, 0.717) is 16.7 Å². The first-order valence-corrected chi connectivity index (χ1v) is 8.81. The molecule has 3 rings (SSSR count). The lowest BCUT2D eigenvalue weighted by atomic mass is 9.79. The smallest absolute Gasteiger partial charge is 0.123 e. The van der Waals surface area contributed by atoms with Crippen molar-refractivity contribution in [1.29, 1.82) is 0 Å².